The second-order valence-electron chi connectivity index (χ2n) is 7.86. The number of nitrogens with one attached hydrogen (secondary N) is 1. The Hall–Kier alpha value is -3.05. The number of piperazine rings is 1. The molecule has 1 aliphatic heterocycles. The van der Waals surface area contributed by atoms with E-state index in [9.17, 15) is 13.2 Å². The van der Waals surface area contributed by atoms with Crippen LogP contribution in [0.5, 0.6) is 0 Å². The monoisotopic (exact) mass is 457 g/mol. The summed E-state index contributed by atoms with van der Waals surface area (Å²) in [4.78, 5) is 23.7. The lowest BCUT2D eigenvalue weighted by molar-refractivity contribution is 0.0957. The minimum atomic E-state index is -3.48. The van der Waals surface area contributed by atoms with Gasteiger partial charge in [-0.2, -0.15) is 9.40 Å². The smallest absolute Gasteiger partial charge is 0.252 e. The van der Waals surface area contributed by atoms with Gasteiger partial charge in [-0.1, -0.05) is 6.07 Å². The molecule has 170 valence electrons. The zero-order valence-electron chi connectivity index (χ0n) is 18.4. The summed E-state index contributed by atoms with van der Waals surface area (Å²) in [6, 6.07) is 7.39. The highest BCUT2D eigenvalue weighted by molar-refractivity contribution is 7.89. The van der Waals surface area contributed by atoms with Crippen LogP contribution in [-0.2, 0) is 17.1 Å². The molecule has 0 spiro atoms. The maximum Gasteiger partial charge on any atom is 0.252 e. The molecule has 0 unspecified atom stereocenters. The van der Waals surface area contributed by atoms with Crippen molar-refractivity contribution in [3.63, 3.8) is 0 Å². The standard InChI is InChI=1S/C21H27N7O3S/c1-15-14-17(19-16(2)25-26(3)20(19)24-15)21(29)23-8-13-32(30,31)28-11-9-27(10-12-28)18-6-4-5-7-22-18/h4-7,14H,8-13H2,1-3H3,(H,23,29). The van der Waals surface area contributed by atoms with Crippen molar-refractivity contribution in [3.05, 3.63) is 47.4 Å². The Morgan fingerprint density at radius 2 is 1.91 bits per heavy atom. The lowest BCUT2D eigenvalue weighted by Gasteiger charge is -2.34. The zero-order valence-corrected chi connectivity index (χ0v) is 19.3. The van der Waals surface area contributed by atoms with E-state index < -0.39 is 10.0 Å². The quantitative estimate of drug-likeness (QED) is 0.584. The summed E-state index contributed by atoms with van der Waals surface area (Å²) in [6.07, 6.45) is 1.73. The van der Waals surface area contributed by atoms with E-state index in [1.54, 1.807) is 24.0 Å². The largest absolute Gasteiger partial charge is 0.354 e. The van der Waals surface area contributed by atoms with Crippen LogP contribution in [0, 0.1) is 13.8 Å². The maximum absolute atomic E-state index is 12.8. The maximum atomic E-state index is 12.8. The Kier molecular flexibility index (Phi) is 6.11. The number of sulfonamides is 1. The van der Waals surface area contributed by atoms with E-state index in [4.69, 9.17) is 0 Å². The van der Waals surface area contributed by atoms with Gasteiger partial charge in [-0.05, 0) is 32.0 Å². The van der Waals surface area contributed by atoms with Gasteiger partial charge in [0.25, 0.3) is 5.91 Å². The number of pyridine rings is 2. The van der Waals surface area contributed by atoms with Crippen LogP contribution in [-0.4, -0.2) is 76.9 Å². The Morgan fingerprint density at radius 1 is 1.16 bits per heavy atom. The van der Waals surface area contributed by atoms with E-state index >= 15 is 0 Å². The number of rotatable bonds is 6. The van der Waals surface area contributed by atoms with E-state index in [-0.39, 0.29) is 18.2 Å². The molecule has 3 aromatic rings. The van der Waals surface area contributed by atoms with Crippen molar-refractivity contribution in [3.8, 4) is 0 Å². The van der Waals surface area contributed by atoms with Crippen molar-refractivity contribution in [1.29, 1.82) is 0 Å². The third-order valence-corrected chi connectivity index (χ3v) is 7.46. The molecule has 4 rings (SSSR count). The second kappa shape index (κ2) is 8.83. The van der Waals surface area contributed by atoms with Gasteiger partial charge >= 0.3 is 0 Å². The molecule has 3 aromatic heterocycles. The van der Waals surface area contributed by atoms with Crippen LogP contribution in [0.4, 0.5) is 5.82 Å². The first kappa shape index (κ1) is 22.2. The SMILES string of the molecule is Cc1cc(C(=O)NCCS(=O)(=O)N2CCN(c3ccccn3)CC2)c2c(C)nn(C)c2n1. The number of carbonyl (C=O) groups is 1. The molecule has 0 aliphatic carbocycles. The van der Waals surface area contributed by atoms with Crippen molar-refractivity contribution in [2.24, 2.45) is 7.05 Å². The number of nitrogens with zero attached hydrogens (tertiary/aromatic N) is 6. The molecule has 1 saturated heterocycles. The number of fused-ring (bicyclic) bond motifs is 1. The number of aryl methyl sites for hydroxylation is 3. The fourth-order valence-electron chi connectivity index (χ4n) is 4.00. The molecular weight excluding hydrogens is 430 g/mol. The summed E-state index contributed by atoms with van der Waals surface area (Å²) < 4.78 is 28.7. The molecule has 0 bridgehead atoms. The van der Waals surface area contributed by atoms with Gasteiger partial charge in [0.1, 0.15) is 5.82 Å². The van der Waals surface area contributed by atoms with Crippen molar-refractivity contribution in [1.82, 2.24) is 29.4 Å². The number of hydrogen-bond donors (Lipinski definition) is 1. The molecule has 0 saturated carbocycles. The minimum Gasteiger partial charge on any atom is -0.354 e. The summed E-state index contributed by atoms with van der Waals surface area (Å²) in [7, 11) is -1.70. The van der Waals surface area contributed by atoms with Crippen LogP contribution in [0.15, 0.2) is 30.5 Å². The average molecular weight is 458 g/mol. The molecule has 1 amide bonds. The molecule has 4 heterocycles. The first-order chi connectivity index (χ1) is 15.3. The summed E-state index contributed by atoms with van der Waals surface area (Å²) in [5.41, 5.74) is 2.49. The minimum absolute atomic E-state index is 0.0315. The van der Waals surface area contributed by atoms with Gasteiger partial charge in [0.05, 0.1) is 22.4 Å². The van der Waals surface area contributed by atoms with Crippen LogP contribution in [0.25, 0.3) is 11.0 Å². The average Bonchev–Trinajstić information content (AvgIpc) is 3.07. The van der Waals surface area contributed by atoms with Crippen LogP contribution in [0.1, 0.15) is 21.7 Å². The predicted molar refractivity (Wildman–Crippen MR) is 122 cm³/mol. The Bertz CT molecular complexity index is 1230. The van der Waals surface area contributed by atoms with E-state index in [1.165, 1.54) is 4.31 Å². The highest BCUT2D eigenvalue weighted by Gasteiger charge is 2.27. The third-order valence-electron chi connectivity index (χ3n) is 5.59. The number of carbonyl (C=O) groups excluding carboxylic acids is 1. The Labute approximate surface area is 187 Å². The molecule has 32 heavy (non-hydrogen) atoms. The Balaban J connectivity index is 1.36. The van der Waals surface area contributed by atoms with Crippen LogP contribution in [0.3, 0.4) is 0 Å². The molecule has 10 nitrogen and oxygen atoms in total. The van der Waals surface area contributed by atoms with Gasteiger partial charge in [-0.3, -0.25) is 9.48 Å². The summed E-state index contributed by atoms with van der Waals surface area (Å²) in [5, 5.41) is 7.79. The first-order valence-electron chi connectivity index (χ1n) is 10.5. The molecule has 1 N–H and O–H groups in total. The normalized spacial score (nSPS) is 15.3. The highest BCUT2D eigenvalue weighted by atomic mass is 32.2. The molecule has 1 fully saturated rings. The summed E-state index contributed by atoms with van der Waals surface area (Å²) in [6.45, 7) is 5.62. The lowest BCUT2D eigenvalue weighted by Crippen LogP contribution is -2.50. The van der Waals surface area contributed by atoms with Gasteiger partial charge in [-0.15, -0.1) is 0 Å². The predicted octanol–water partition coefficient (Wildman–Crippen LogP) is 0.862. The first-order valence-corrected chi connectivity index (χ1v) is 12.1. The number of amides is 1. The van der Waals surface area contributed by atoms with E-state index in [2.05, 4.69) is 25.3 Å². The van der Waals surface area contributed by atoms with Gasteiger partial charge < -0.3 is 10.2 Å². The van der Waals surface area contributed by atoms with Gasteiger partial charge in [0.2, 0.25) is 10.0 Å². The second-order valence-corrected chi connectivity index (χ2v) is 9.95. The fourth-order valence-corrected chi connectivity index (χ4v) is 5.34. The summed E-state index contributed by atoms with van der Waals surface area (Å²) >= 11 is 0. The van der Waals surface area contributed by atoms with Gasteiger partial charge in [0.15, 0.2) is 5.65 Å². The number of aromatic nitrogens is 4. The fraction of sp³-hybridized carbons (Fsp3) is 0.429. The van der Waals surface area contributed by atoms with Crippen molar-refractivity contribution < 1.29 is 13.2 Å². The topological polar surface area (TPSA) is 113 Å². The number of hydrogen-bond acceptors (Lipinski definition) is 7. The molecule has 0 atom stereocenters. The van der Waals surface area contributed by atoms with Crippen LogP contribution in [0.2, 0.25) is 0 Å². The molecule has 11 heteroatoms. The number of anilines is 1. The van der Waals surface area contributed by atoms with Crippen LogP contribution >= 0.6 is 0 Å². The third kappa shape index (κ3) is 4.44. The van der Waals surface area contributed by atoms with Gasteiger partial charge in [0, 0.05) is 51.7 Å². The van der Waals surface area contributed by atoms with E-state index in [0.29, 0.717) is 54.2 Å². The lowest BCUT2D eigenvalue weighted by atomic mass is 10.1. The molecule has 0 aromatic carbocycles. The highest BCUT2D eigenvalue weighted by Crippen LogP contribution is 2.21. The van der Waals surface area contributed by atoms with Gasteiger partial charge in [-0.25, -0.2) is 18.4 Å². The van der Waals surface area contributed by atoms with Crippen molar-refractivity contribution >= 4 is 32.8 Å². The van der Waals surface area contributed by atoms with Crippen molar-refractivity contribution in [2.45, 2.75) is 13.8 Å². The van der Waals surface area contributed by atoms with Crippen molar-refractivity contribution in [2.75, 3.05) is 43.4 Å². The zero-order chi connectivity index (χ0) is 22.9. The molecular formula is C21H27N7O3S. The van der Waals surface area contributed by atoms with E-state index in [1.807, 2.05) is 32.0 Å². The van der Waals surface area contributed by atoms with E-state index in [0.717, 1.165) is 5.82 Å². The molecule has 0 radical (unpaired) electrons. The molecule has 1 aliphatic rings. The Morgan fingerprint density at radius 3 is 2.59 bits per heavy atom. The van der Waals surface area contributed by atoms with Crippen LogP contribution < -0.4 is 10.2 Å². The summed E-state index contributed by atoms with van der Waals surface area (Å²) in [5.74, 6) is 0.370.